The quantitative estimate of drug-likeness (QED) is 0.479. The smallest absolute Gasteiger partial charge is 0.349 e. The molecule has 1 atom stereocenters. The number of carbonyl (C=O) groups excluding carboxylic acids is 2. The van der Waals surface area contributed by atoms with Gasteiger partial charge < -0.3 is 10.1 Å². The predicted octanol–water partition coefficient (Wildman–Crippen LogP) is 3.34. The second-order valence-electron chi connectivity index (χ2n) is 4.82. The molecule has 126 valence electrons. The lowest BCUT2D eigenvalue weighted by atomic mass is 10.1. The Bertz CT molecular complexity index is 777. The van der Waals surface area contributed by atoms with E-state index in [-0.39, 0.29) is 15.9 Å². The number of nitro groups is 1. The lowest BCUT2D eigenvalue weighted by molar-refractivity contribution is -0.380. The topological polar surface area (TPSA) is 98.5 Å². The molecule has 24 heavy (non-hydrogen) atoms. The summed E-state index contributed by atoms with van der Waals surface area (Å²) < 4.78 is 4.85. The van der Waals surface area contributed by atoms with Crippen molar-refractivity contribution in [2.75, 3.05) is 6.61 Å². The summed E-state index contributed by atoms with van der Waals surface area (Å²) in [6.45, 7) is 1.30. The van der Waals surface area contributed by atoms with Gasteiger partial charge in [0.05, 0.1) is 11.0 Å². The fourth-order valence-electron chi connectivity index (χ4n) is 1.88. The van der Waals surface area contributed by atoms with Gasteiger partial charge in [0.2, 0.25) is 0 Å². The van der Waals surface area contributed by atoms with Gasteiger partial charge >= 0.3 is 11.0 Å². The van der Waals surface area contributed by atoms with Crippen LogP contribution in [0, 0.1) is 10.1 Å². The minimum absolute atomic E-state index is 0.0670. The van der Waals surface area contributed by atoms with E-state index in [1.807, 2.05) is 6.07 Å². The molecule has 0 aliphatic heterocycles. The summed E-state index contributed by atoms with van der Waals surface area (Å²) in [6, 6.07) is 9.22. The molecule has 1 heterocycles. The zero-order valence-electron chi connectivity index (χ0n) is 12.5. The highest BCUT2D eigenvalue weighted by molar-refractivity contribution is 7.17. The van der Waals surface area contributed by atoms with Crippen LogP contribution < -0.4 is 5.32 Å². The van der Waals surface area contributed by atoms with Crippen LogP contribution in [0.25, 0.3) is 0 Å². The van der Waals surface area contributed by atoms with Crippen LogP contribution in [-0.4, -0.2) is 23.4 Å². The van der Waals surface area contributed by atoms with E-state index in [1.54, 1.807) is 25.1 Å². The molecule has 0 unspecified atom stereocenters. The number of carbonyl (C=O) groups is 2. The third-order valence-electron chi connectivity index (χ3n) is 3.03. The van der Waals surface area contributed by atoms with Crippen LogP contribution in [0.3, 0.4) is 0 Å². The first-order chi connectivity index (χ1) is 11.4. The molecule has 0 aliphatic carbocycles. The second-order valence-corrected chi connectivity index (χ2v) is 6.31. The van der Waals surface area contributed by atoms with Crippen molar-refractivity contribution in [3.05, 3.63) is 62.0 Å². The zero-order valence-corrected chi connectivity index (χ0v) is 14.1. The molecule has 7 nitrogen and oxygen atoms in total. The Hall–Kier alpha value is -2.45. The first kappa shape index (κ1) is 17.9. The van der Waals surface area contributed by atoms with Gasteiger partial charge in [-0.2, -0.15) is 0 Å². The number of hydrogen-bond acceptors (Lipinski definition) is 6. The Morgan fingerprint density at radius 2 is 2.12 bits per heavy atom. The Kier molecular flexibility index (Phi) is 5.88. The van der Waals surface area contributed by atoms with E-state index in [1.165, 1.54) is 12.1 Å². The number of halogens is 1. The monoisotopic (exact) mass is 368 g/mol. The normalized spacial score (nSPS) is 11.6. The molecule has 9 heteroatoms. The van der Waals surface area contributed by atoms with Crippen LogP contribution in [0.15, 0.2) is 36.4 Å². The lowest BCUT2D eigenvalue weighted by Crippen LogP contribution is -2.31. The number of hydrogen-bond donors (Lipinski definition) is 1. The first-order valence-electron chi connectivity index (χ1n) is 6.83. The van der Waals surface area contributed by atoms with Gasteiger partial charge in [0.25, 0.3) is 5.91 Å². The van der Waals surface area contributed by atoms with Crippen molar-refractivity contribution < 1.29 is 19.2 Å². The molecule has 0 aliphatic rings. The molecule has 2 aromatic rings. The number of esters is 1. The fraction of sp³-hybridized carbons (Fsp3) is 0.200. The highest BCUT2D eigenvalue weighted by atomic mass is 35.5. The van der Waals surface area contributed by atoms with Crippen molar-refractivity contribution in [1.82, 2.24) is 5.32 Å². The summed E-state index contributed by atoms with van der Waals surface area (Å²) in [4.78, 5) is 33.6. The van der Waals surface area contributed by atoms with E-state index < -0.39 is 23.4 Å². The van der Waals surface area contributed by atoms with Crippen molar-refractivity contribution in [3.8, 4) is 0 Å². The van der Waals surface area contributed by atoms with Crippen molar-refractivity contribution in [3.63, 3.8) is 0 Å². The van der Waals surface area contributed by atoms with Crippen molar-refractivity contribution in [2.45, 2.75) is 13.0 Å². The highest BCUT2D eigenvalue weighted by Gasteiger charge is 2.18. The molecule has 1 N–H and O–H groups in total. The number of benzene rings is 1. The Morgan fingerprint density at radius 3 is 2.75 bits per heavy atom. The van der Waals surface area contributed by atoms with E-state index in [9.17, 15) is 19.7 Å². The van der Waals surface area contributed by atoms with E-state index in [0.29, 0.717) is 16.4 Å². The number of nitrogens with one attached hydrogen (secondary N) is 1. The molecule has 0 bridgehead atoms. The maximum atomic E-state index is 11.8. The molecule has 0 spiro atoms. The van der Waals surface area contributed by atoms with Gasteiger partial charge in [-0.25, -0.2) is 4.79 Å². The van der Waals surface area contributed by atoms with Crippen molar-refractivity contribution >= 4 is 39.8 Å². The summed E-state index contributed by atoms with van der Waals surface area (Å²) in [5.41, 5.74) is 0.816. The number of rotatable bonds is 6. The Balaban J connectivity index is 1.86. The van der Waals surface area contributed by atoms with Gasteiger partial charge in [-0.3, -0.25) is 14.9 Å². The van der Waals surface area contributed by atoms with Crippen molar-refractivity contribution in [1.29, 1.82) is 0 Å². The van der Waals surface area contributed by atoms with Gasteiger partial charge in [0, 0.05) is 11.1 Å². The average Bonchev–Trinajstić information content (AvgIpc) is 3.03. The zero-order chi connectivity index (χ0) is 17.7. The standard InChI is InChI=1S/C15H13ClN2O5S/c1-9(10-3-2-4-11(16)7-10)17-13(19)8-23-15(20)12-5-6-14(24-12)18(21)22/h2-7,9H,8H2,1H3,(H,17,19)/t9-/m1/s1. The number of nitrogens with zero attached hydrogens (tertiary/aromatic N) is 1. The van der Waals surface area contributed by atoms with E-state index in [2.05, 4.69) is 5.32 Å². The van der Waals surface area contributed by atoms with Crippen LogP contribution in [0.4, 0.5) is 5.00 Å². The van der Waals surface area contributed by atoms with Gasteiger partial charge in [0.1, 0.15) is 4.88 Å². The van der Waals surface area contributed by atoms with Crippen LogP contribution in [0.5, 0.6) is 0 Å². The van der Waals surface area contributed by atoms with Gasteiger partial charge in [-0.05, 0) is 30.7 Å². The molecule has 0 radical (unpaired) electrons. The highest BCUT2D eigenvalue weighted by Crippen LogP contribution is 2.24. The summed E-state index contributed by atoms with van der Waals surface area (Å²) in [5, 5.41) is 13.6. The predicted molar refractivity (Wildman–Crippen MR) is 89.3 cm³/mol. The molecular weight excluding hydrogens is 356 g/mol. The van der Waals surface area contributed by atoms with E-state index in [0.717, 1.165) is 5.56 Å². The lowest BCUT2D eigenvalue weighted by Gasteiger charge is -2.14. The number of amides is 1. The molecule has 0 saturated carbocycles. The molecule has 2 rings (SSSR count). The van der Waals surface area contributed by atoms with Crippen LogP contribution >= 0.6 is 22.9 Å². The van der Waals surface area contributed by atoms with Crippen LogP contribution in [0.2, 0.25) is 5.02 Å². The third-order valence-corrected chi connectivity index (χ3v) is 4.29. The van der Waals surface area contributed by atoms with Crippen molar-refractivity contribution in [2.24, 2.45) is 0 Å². The average molecular weight is 369 g/mol. The summed E-state index contributed by atoms with van der Waals surface area (Å²) in [6.07, 6.45) is 0. The fourth-order valence-corrected chi connectivity index (χ4v) is 2.79. The summed E-state index contributed by atoms with van der Waals surface area (Å²) in [5.74, 6) is -1.26. The first-order valence-corrected chi connectivity index (χ1v) is 8.02. The molecular formula is C15H13ClN2O5S. The number of thiophene rings is 1. The Labute approximate surface area is 146 Å². The van der Waals surface area contributed by atoms with Crippen LogP contribution in [-0.2, 0) is 9.53 Å². The molecule has 1 aromatic heterocycles. The molecule has 0 saturated heterocycles. The maximum absolute atomic E-state index is 11.8. The van der Waals surface area contributed by atoms with Gasteiger partial charge in [-0.15, -0.1) is 0 Å². The summed E-state index contributed by atoms with van der Waals surface area (Å²) in [7, 11) is 0. The van der Waals surface area contributed by atoms with Gasteiger partial charge in [-0.1, -0.05) is 35.1 Å². The molecule has 0 fully saturated rings. The summed E-state index contributed by atoms with van der Waals surface area (Å²) >= 11 is 6.58. The van der Waals surface area contributed by atoms with Crippen LogP contribution in [0.1, 0.15) is 28.2 Å². The SMILES string of the molecule is C[C@@H](NC(=O)COC(=O)c1ccc([N+](=O)[O-])s1)c1cccc(Cl)c1. The molecule has 1 amide bonds. The molecule has 1 aromatic carbocycles. The largest absolute Gasteiger partial charge is 0.451 e. The van der Waals surface area contributed by atoms with Gasteiger partial charge in [0.15, 0.2) is 6.61 Å². The maximum Gasteiger partial charge on any atom is 0.349 e. The minimum atomic E-state index is -0.779. The number of ether oxygens (including phenoxy) is 1. The van der Waals surface area contributed by atoms with E-state index >= 15 is 0 Å². The third kappa shape index (κ3) is 4.77. The minimum Gasteiger partial charge on any atom is -0.451 e. The Morgan fingerprint density at radius 1 is 1.38 bits per heavy atom. The van der Waals surface area contributed by atoms with E-state index in [4.69, 9.17) is 16.3 Å². The second kappa shape index (κ2) is 7.89.